The van der Waals surface area contributed by atoms with Crippen molar-refractivity contribution in [3.05, 3.63) is 60.4 Å². The predicted molar refractivity (Wildman–Crippen MR) is 113 cm³/mol. The van der Waals surface area contributed by atoms with E-state index in [0.29, 0.717) is 23.1 Å². The third kappa shape index (κ3) is 3.66. The molecule has 2 aromatic heterocycles. The van der Waals surface area contributed by atoms with Crippen LogP contribution in [0, 0.1) is 0 Å². The molecular weight excluding hydrogens is 401 g/mol. The molecule has 0 amide bonds. The van der Waals surface area contributed by atoms with Crippen LogP contribution in [0.5, 0.6) is 0 Å². The Hall–Kier alpha value is -1.40. The number of aromatic nitrogens is 2. The van der Waals surface area contributed by atoms with Crippen LogP contribution >= 0.6 is 34.5 Å². The molecule has 0 aliphatic heterocycles. The average molecular weight is 422 g/mol. The second-order valence-corrected chi connectivity index (χ2v) is 9.19. The first kappa shape index (κ1) is 18.9. The van der Waals surface area contributed by atoms with Gasteiger partial charge in [0.05, 0.1) is 28.5 Å². The summed E-state index contributed by atoms with van der Waals surface area (Å²) in [5.74, 6) is 0.780. The normalized spacial score (nSPS) is 14.1. The van der Waals surface area contributed by atoms with Crippen LogP contribution in [-0.4, -0.2) is 28.5 Å². The fraction of sp³-hybridized carbons (Fsp3) is 0.400. The molecule has 0 fully saturated rings. The fourth-order valence-corrected chi connectivity index (χ4v) is 5.26. The lowest BCUT2D eigenvalue weighted by Gasteiger charge is -2.17. The fourth-order valence-electron chi connectivity index (χ4n) is 3.67. The van der Waals surface area contributed by atoms with Gasteiger partial charge in [-0.2, -0.15) is 0 Å². The first-order valence-corrected chi connectivity index (χ1v) is 10.6. The van der Waals surface area contributed by atoms with E-state index in [4.69, 9.17) is 28.2 Å². The highest BCUT2D eigenvalue weighted by atomic mass is 35.5. The topological polar surface area (TPSA) is 38.1 Å². The minimum atomic E-state index is 0.0577. The van der Waals surface area contributed by atoms with Gasteiger partial charge in [0.1, 0.15) is 10.7 Å². The number of nitrogens with zero attached hydrogens (tertiary/aromatic N) is 3. The number of thiophene rings is 1. The predicted octanol–water partition coefficient (Wildman–Crippen LogP) is 4.75. The number of rotatable bonds is 4. The van der Waals surface area contributed by atoms with Gasteiger partial charge in [0.2, 0.25) is 0 Å². The summed E-state index contributed by atoms with van der Waals surface area (Å²) < 4.78 is 1.80. The number of hydrogen-bond acceptors (Lipinski definition) is 4. The molecule has 0 unspecified atom stereocenters. The lowest BCUT2D eigenvalue weighted by atomic mass is 9.97. The van der Waals surface area contributed by atoms with Gasteiger partial charge in [-0.3, -0.25) is 9.36 Å². The maximum Gasteiger partial charge on any atom is 0.262 e. The molecule has 0 atom stereocenters. The summed E-state index contributed by atoms with van der Waals surface area (Å²) in [6.45, 7) is 1.04. The summed E-state index contributed by atoms with van der Waals surface area (Å²) in [5, 5.41) is 1.83. The summed E-state index contributed by atoms with van der Waals surface area (Å²) in [5.41, 5.74) is 2.22. The van der Waals surface area contributed by atoms with Crippen molar-refractivity contribution in [2.75, 3.05) is 14.1 Å². The molecule has 142 valence electrons. The quantitative estimate of drug-likeness (QED) is 0.609. The zero-order valence-corrected chi connectivity index (χ0v) is 17.7. The Bertz CT molecular complexity index is 1070. The van der Waals surface area contributed by atoms with Gasteiger partial charge in [-0.05, 0) is 63.0 Å². The molecule has 0 spiro atoms. The van der Waals surface area contributed by atoms with E-state index < -0.39 is 0 Å². The zero-order valence-electron chi connectivity index (χ0n) is 15.4. The lowest BCUT2D eigenvalue weighted by Crippen LogP contribution is -2.29. The van der Waals surface area contributed by atoms with Crippen molar-refractivity contribution in [1.29, 1.82) is 0 Å². The van der Waals surface area contributed by atoms with Crippen LogP contribution in [0.3, 0.4) is 0 Å². The molecule has 4 rings (SSSR count). The Morgan fingerprint density at radius 2 is 1.96 bits per heavy atom. The molecule has 0 bridgehead atoms. The van der Waals surface area contributed by atoms with Gasteiger partial charge >= 0.3 is 0 Å². The number of aryl methyl sites for hydroxylation is 2. The smallest absolute Gasteiger partial charge is 0.262 e. The number of fused-ring (bicyclic) bond motifs is 3. The number of halogens is 2. The first-order chi connectivity index (χ1) is 12.9. The Morgan fingerprint density at radius 1 is 1.19 bits per heavy atom. The van der Waals surface area contributed by atoms with Crippen LogP contribution in [0.25, 0.3) is 10.2 Å². The highest BCUT2D eigenvalue weighted by molar-refractivity contribution is 7.18. The van der Waals surface area contributed by atoms with Gasteiger partial charge in [0.15, 0.2) is 0 Å². The van der Waals surface area contributed by atoms with Crippen molar-refractivity contribution in [3.8, 4) is 0 Å². The molecule has 2 heterocycles. The largest absolute Gasteiger partial charge is 0.302 e. The molecule has 1 aliphatic carbocycles. The average Bonchev–Trinajstić information content (AvgIpc) is 2.99. The van der Waals surface area contributed by atoms with E-state index in [1.807, 2.05) is 31.1 Å². The summed E-state index contributed by atoms with van der Waals surface area (Å²) >= 11 is 13.9. The molecule has 1 aromatic carbocycles. The Kier molecular flexibility index (Phi) is 5.30. The maximum absolute atomic E-state index is 13.5. The highest BCUT2D eigenvalue weighted by Gasteiger charge is 2.22. The Morgan fingerprint density at radius 3 is 2.70 bits per heavy atom. The Balaban J connectivity index is 1.88. The lowest BCUT2D eigenvalue weighted by molar-refractivity contribution is 0.379. The van der Waals surface area contributed by atoms with Gasteiger partial charge in [0, 0.05) is 4.88 Å². The van der Waals surface area contributed by atoms with Crippen LogP contribution < -0.4 is 5.56 Å². The summed E-state index contributed by atoms with van der Waals surface area (Å²) in [6.07, 6.45) is 4.38. The molecule has 7 heteroatoms. The van der Waals surface area contributed by atoms with E-state index in [1.165, 1.54) is 16.9 Å². The van der Waals surface area contributed by atoms with Crippen molar-refractivity contribution < 1.29 is 0 Å². The third-order valence-corrected chi connectivity index (χ3v) is 6.86. The summed E-state index contributed by atoms with van der Waals surface area (Å²) in [4.78, 5) is 22.6. The van der Waals surface area contributed by atoms with E-state index in [1.54, 1.807) is 22.0 Å². The van der Waals surface area contributed by atoms with Gasteiger partial charge in [0.25, 0.3) is 5.56 Å². The highest BCUT2D eigenvalue weighted by Crippen LogP contribution is 2.34. The van der Waals surface area contributed by atoms with Crippen molar-refractivity contribution in [2.45, 2.75) is 38.8 Å². The van der Waals surface area contributed by atoms with E-state index >= 15 is 0 Å². The minimum Gasteiger partial charge on any atom is -0.302 e. The molecule has 0 saturated heterocycles. The van der Waals surface area contributed by atoms with Crippen molar-refractivity contribution in [1.82, 2.24) is 14.5 Å². The second-order valence-electron chi connectivity index (χ2n) is 7.30. The Labute approximate surface area is 172 Å². The van der Waals surface area contributed by atoms with Crippen molar-refractivity contribution in [3.63, 3.8) is 0 Å². The van der Waals surface area contributed by atoms with Crippen LogP contribution in [-0.2, 0) is 25.9 Å². The molecule has 27 heavy (non-hydrogen) atoms. The van der Waals surface area contributed by atoms with Crippen LogP contribution in [0.4, 0.5) is 0 Å². The van der Waals surface area contributed by atoms with E-state index in [0.717, 1.165) is 40.9 Å². The SMILES string of the molecule is CN(C)Cc1nc2sc3c(c2c(=O)n1Cc1ccc(Cl)c(Cl)c1)CCCC3. The van der Waals surface area contributed by atoms with Crippen molar-refractivity contribution >= 4 is 44.8 Å². The van der Waals surface area contributed by atoms with E-state index in [-0.39, 0.29) is 5.56 Å². The molecule has 0 N–H and O–H groups in total. The van der Waals surface area contributed by atoms with Crippen LogP contribution in [0.15, 0.2) is 23.0 Å². The number of hydrogen-bond donors (Lipinski definition) is 0. The van der Waals surface area contributed by atoms with Gasteiger partial charge in [-0.25, -0.2) is 4.98 Å². The monoisotopic (exact) mass is 421 g/mol. The number of benzene rings is 1. The molecule has 0 saturated carbocycles. The van der Waals surface area contributed by atoms with Gasteiger partial charge < -0.3 is 4.90 Å². The van der Waals surface area contributed by atoms with Crippen molar-refractivity contribution in [2.24, 2.45) is 0 Å². The summed E-state index contributed by atoms with van der Waals surface area (Å²) in [7, 11) is 3.97. The molecular formula is C20H21Cl2N3OS. The van der Waals surface area contributed by atoms with Crippen LogP contribution in [0.1, 0.15) is 34.7 Å². The summed E-state index contributed by atoms with van der Waals surface area (Å²) in [6, 6.07) is 5.50. The van der Waals surface area contributed by atoms with Gasteiger partial charge in [-0.15, -0.1) is 11.3 Å². The zero-order chi connectivity index (χ0) is 19.1. The van der Waals surface area contributed by atoms with Gasteiger partial charge in [-0.1, -0.05) is 29.3 Å². The molecule has 0 radical (unpaired) electrons. The third-order valence-electron chi connectivity index (χ3n) is 4.94. The van der Waals surface area contributed by atoms with Crippen LogP contribution in [0.2, 0.25) is 10.0 Å². The second kappa shape index (κ2) is 7.55. The molecule has 1 aliphatic rings. The minimum absolute atomic E-state index is 0.0577. The maximum atomic E-state index is 13.5. The van der Waals surface area contributed by atoms with E-state index in [2.05, 4.69) is 0 Å². The first-order valence-electron chi connectivity index (χ1n) is 9.06. The molecule has 4 nitrogen and oxygen atoms in total. The standard InChI is InChI=1S/C20H21Cl2N3OS/c1-24(2)11-17-23-19-18(13-5-3-4-6-16(13)27-19)20(26)25(17)10-12-7-8-14(21)15(22)9-12/h7-9H,3-6,10-11H2,1-2H3. The van der Waals surface area contributed by atoms with E-state index in [9.17, 15) is 4.79 Å². The molecule has 3 aromatic rings.